The summed E-state index contributed by atoms with van der Waals surface area (Å²) in [5.74, 6) is -0.695. The zero-order valence-electron chi connectivity index (χ0n) is 15.4. The van der Waals surface area contributed by atoms with E-state index < -0.39 is 6.04 Å². The quantitative estimate of drug-likeness (QED) is 0.504. The van der Waals surface area contributed by atoms with Gasteiger partial charge in [0.2, 0.25) is 5.91 Å². The van der Waals surface area contributed by atoms with Gasteiger partial charge in [0.15, 0.2) is 0 Å². The lowest BCUT2D eigenvalue weighted by Gasteiger charge is -2.19. The van der Waals surface area contributed by atoms with Gasteiger partial charge >= 0.3 is 0 Å². The SMILES string of the molecule is O=C(CN1C(=O)C(=Cc2cccc(Cl)c2)SC1=S)NC(CO)Cc1ccccc1. The molecule has 0 bridgehead atoms. The topological polar surface area (TPSA) is 69.6 Å². The van der Waals surface area contributed by atoms with Crippen LogP contribution in [0, 0.1) is 0 Å². The Morgan fingerprint density at radius 3 is 2.69 bits per heavy atom. The molecule has 1 fully saturated rings. The molecule has 1 unspecified atom stereocenters. The van der Waals surface area contributed by atoms with Crippen LogP contribution >= 0.6 is 35.6 Å². The molecule has 1 atom stereocenters. The van der Waals surface area contributed by atoms with Crippen LogP contribution in [0.5, 0.6) is 0 Å². The van der Waals surface area contributed by atoms with Crippen molar-refractivity contribution in [1.82, 2.24) is 10.2 Å². The summed E-state index contributed by atoms with van der Waals surface area (Å²) in [4.78, 5) is 26.8. The predicted molar refractivity (Wildman–Crippen MR) is 120 cm³/mol. The van der Waals surface area contributed by atoms with Crippen LogP contribution in [0.4, 0.5) is 0 Å². The lowest BCUT2D eigenvalue weighted by atomic mass is 10.1. The smallest absolute Gasteiger partial charge is 0.266 e. The Balaban J connectivity index is 1.62. The standard InChI is InChI=1S/C21H19ClN2O3S2/c22-16-8-4-7-15(9-16)11-18-20(27)24(21(28)29-18)12-19(26)23-17(13-25)10-14-5-2-1-3-6-14/h1-9,11,17,25H,10,12-13H2,(H,23,26). The lowest BCUT2D eigenvalue weighted by Crippen LogP contribution is -2.45. The number of aliphatic hydroxyl groups excluding tert-OH is 1. The highest BCUT2D eigenvalue weighted by atomic mass is 35.5. The number of hydrogen-bond acceptors (Lipinski definition) is 5. The fourth-order valence-electron chi connectivity index (χ4n) is 2.86. The van der Waals surface area contributed by atoms with Crippen LogP contribution < -0.4 is 5.32 Å². The molecule has 0 spiro atoms. The highest BCUT2D eigenvalue weighted by Crippen LogP contribution is 2.32. The molecule has 0 radical (unpaired) electrons. The summed E-state index contributed by atoms with van der Waals surface area (Å²) in [6, 6.07) is 16.3. The zero-order chi connectivity index (χ0) is 20.8. The monoisotopic (exact) mass is 446 g/mol. The fourth-order valence-corrected chi connectivity index (χ4v) is 4.31. The number of benzene rings is 2. The van der Waals surface area contributed by atoms with E-state index in [4.69, 9.17) is 23.8 Å². The van der Waals surface area contributed by atoms with E-state index in [1.54, 1.807) is 24.3 Å². The van der Waals surface area contributed by atoms with Crippen molar-refractivity contribution in [2.45, 2.75) is 12.5 Å². The fraction of sp³-hybridized carbons (Fsp3) is 0.190. The van der Waals surface area contributed by atoms with Gasteiger partial charge < -0.3 is 10.4 Å². The van der Waals surface area contributed by atoms with Gasteiger partial charge in [0, 0.05) is 5.02 Å². The Morgan fingerprint density at radius 2 is 2.00 bits per heavy atom. The summed E-state index contributed by atoms with van der Waals surface area (Å²) in [6.07, 6.45) is 2.20. The number of halogens is 1. The van der Waals surface area contributed by atoms with Gasteiger partial charge in [0.1, 0.15) is 10.9 Å². The van der Waals surface area contributed by atoms with Crippen molar-refractivity contribution in [3.63, 3.8) is 0 Å². The van der Waals surface area contributed by atoms with E-state index in [1.807, 2.05) is 36.4 Å². The second-order valence-electron chi connectivity index (χ2n) is 6.46. The second-order valence-corrected chi connectivity index (χ2v) is 8.57. The molecule has 0 aromatic heterocycles. The second kappa shape index (κ2) is 10.0. The van der Waals surface area contributed by atoms with Crippen LogP contribution in [0.25, 0.3) is 6.08 Å². The van der Waals surface area contributed by atoms with Crippen LogP contribution in [-0.4, -0.2) is 45.3 Å². The largest absolute Gasteiger partial charge is 0.394 e. The van der Waals surface area contributed by atoms with E-state index in [0.717, 1.165) is 22.9 Å². The van der Waals surface area contributed by atoms with Crippen molar-refractivity contribution in [2.24, 2.45) is 0 Å². The molecule has 29 heavy (non-hydrogen) atoms. The Kier molecular flexibility index (Phi) is 7.44. The molecule has 1 aliphatic heterocycles. The molecule has 2 aromatic carbocycles. The summed E-state index contributed by atoms with van der Waals surface area (Å²) in [5.41, 5.74) is 1.78. The highest BCUT2D eigenvalue weighted by molar-refractivity contribution is 8.26. The van der Waals surface area contributed by atoms with Gasteiger partial charge in [-0.05, 0) is 35.8 Å². The Labute approximate surface area is 183 Å². The van der Waals surface area contributed by atoms with Gasteiger partial charge in [-0.1, -0.05) is 78.0 Å². The molecular weight excluding hydrogens is 428 g/mol. The highest BCUT2D eigenvalue weighted by Gasteiger charge is 2.33. The molecule has 2 amide bonds. The van der Waals surface area contributed by atoms with Crippen molar-refractivity contribution in [3.05, 3.63) is 75.7 Å². The van der Waals surface area contributed by atoms with Crippen molar-refractivity contribution in [2.75, 3.05) is 13.2 Å². The predicted octanol–water partition coefficient (Wildman–Crippen LogP) is 3.26. The summed E-state index contributed by atoms with van der Waals surface area (Å²) in [5, 5.41) is 12.9. The summed E-state index contributed by atoms with van der Waals surface area (Å²) in [6.45, 7) is -0.392. The Bertz CT molecular complexity index is 950. The maximum Gasteiger partial charge on any atom is 0.266 e. The lowest BCUT2D eigenvalue weighted by molar-refractivity contribution is -0.129. The molecule has 1 aliphatic rings. The third-order valence-corrected chi connectivity index (χ3v) is 5.85. The molecule has 0 saturated carbocycles. The molecule has 1 saturated heterocycles. The number of thioether (sulfide) groups is 1. The van der Waals surface area contributed by atoms with E-state index in [-0.39, 0.29) is 25.0 Å². The number of amides is 2. The number of carbonyl (C=O) groups excluding carboxylic acids is 2. The average molecular weight is 447 g/mol. The van der Waals surface area contributed by atoms with Gasteiger partial charge in [0.05, 0.1) is 17.6 Å². The number of thiocarbonyl (C=S) groups is 1. The van der Waals surface area contributed by atoms with Crippen LogP contribution in [0.2, 0.25) is 5.02 Å². The minimum atomic E-state index is -0.440. The number of nitrogens with zero attached hydrogens (tertiary/aromatic N) is 1. The Morgan fingerprint density at radius 1 is 1.24 bits per heavy atom. The van der Waals surface area contributed by atoms with Gasteiger partial charge in [-0.2, -0.15) is 0 Å². The molecule has 2 N–H and O–H groups in total. The van der Waals surface area contributed by atoms with Gasteiger partial charge in [-0.3, -0.25) is 14.5 Å². The van der Waals surface area contributed by atoms with Crippen LogP contribution in [0.3, 0.4) is 0 Å². The minimum Gasteiger partial charge on any atom is -0.394 e. The first-order chi connectivity index (χ1) is 14.0. The van der Waals surface area contributed by atoms with Crippen molar-refractivity contribution >= 4 is 57.8 Å². The molecule has 5 nitrogen and oxygen atoms in total. The molecule has 1 heterocycles. The third-order valence-electron chi connectivity index (χ3n) is 4.23. The molecule has 2 aromatic rings. The maximum absolute atomic E-state index is 12.7. The van der Waals surface area contributed by atoms with Crippen molar-refractivity contribution < 1.29 is 14.7 Å². The average Bonchev–Trinajstić information content (AvgIpc) is 2.95. The first kappa shape index (κ1) is 21.5. The van der Waals surface area contributed by atoms with E-state index >= 15 is 0 Å². The van der Waals surface area contributed by atoms with Gasteiger partial charge in [0.25, 0.3) is 5.91 Å². The zero-order valence-corrected chi connectivity index (χ0v) is 17.8. The summed E-state index contributed by atoms with van der Waals surface area (Å²) in [7, 11) is 0. The molecule has 0 aliphatic carbocycles. The molecule has 8 heteroatoms. The van der Waals surface area contributed by atoms with E-state index in [0.29, 0.717) is 20.7 Å². The van der Waals surface area contributed by atoms with Gasteiger partial charge in [-0.25, -0.2) is 0 Å². The van der Waals surface area contributed by atoms with Crippen molar-refractivity contribution in [1.29, 1.82) is 0 Å². The maximum atomic E-state index is 12.7. The number of aliphatic hydroxyl groups is 1. The number of carbonyl (C=O) groups is 2. The van der Waals surface area contributed by atoms with Gasteiger partial charge in [-0.15, -0.1) is 0 Å². The first-order valence-electron chi connectivity index (χ1n) is 8.91. The summed E-state index contributed by atoms with van der Waals surface area (Å²) < 4.78 is 0.321. The number of nitrogens with one attached hydrogen (secondary N) is 1. The Hall–Kier alpha value is -2.19. The normalized spacial score (nSPS) is 16.3. The molecular formula is C21H19ClN2O3S2. The van der Waals surface area contributed by atoms with E-state index in [1.165, 1.54) is 4.90 Å². The van der Waals surface area contributed by atoms with Crippen LogP contribution in [-0.2, 0) is 16.0 Å². The van der Waals surface area contributed by atoms with Crippen molar-refractivity contribution in [3.8, 4) is 0 Å². The third kappa shape index (κ3) is 5.90. The summed E-state index contributed by atoms with van der Waals surface area (Å²) >= 11 is 12.4. The molecule has 150 valence electrons. The first-order valence-corrected chi connectivity index (χ1v) is 10.5. The van der Waals surface area contributed by atoms with Crippen LogP contribution in [0.15, 0.2) is 59.5 Å². The van der Waals surface area contributed by atoms with Crippen LogP contribution in [0.1, 0.15) is 11.1 Å². The molecule has 3 rings (SSSR count). The number of hydrogen-bond donors (Lipinski definition) is 2. The minimum absolute atomic E-state index is 0.192. The van der Waals surface area contributed by atoms with E-state index in [9.17, 15) is 14.7 Å². The van der Waals surface area contributed by atoms with E-state index in [2.05, 4.69) is 5.32 Å². The number of rotatable bonds is 7.